The molecule has 1 aliphatic carbocycles. The second-order valence-electron chi connectivity index (χ2n) is 16.0. The maximum absolute atomic E-state index is 2.39. The fourth-order valence-electron chi connectivity index (χ4n) is 9.22. The second-order valence-corrected chi connectivity index (χ2v) is 16.0. The molecule has 294 valence electrons. The van der Waals surface area contributed by atoms with Gasteiger partial charge < -0.3 is 9.47 Å². The number of aromatic nitrogens is 1. The summed E-state index contributed by atoms with van der Waals surface area (Å²) >= 11 is 0. The lowest BCUT2D eigenvalue weighted by Crippen LogP contribution is -2.09. The van der Waals surface area contributed by atoms with Crippen molar-refractivity contribution in [2.45, 2.75) is 12.8 Å². The van der Waals surface area contributed by atoms with Crippen LogP contribution in [-0.4, -0.2) is 4.57 Å². The molecule has 0 spiro atoms. The monoisotopic (exact) mass is 792 g/mol. The molecule has 0 fully saturated rings. The summed E-state index contributed by atoms with van der Waals surface area (Å²) in [7, 11) is 0. The molecule has 11 rings (SSSR count). The van der Waals surface area contributed by atoms with Gasteiger partial charge in [-0.3, -0.25) is 0 Å². The van der Waals surface area contributed by atoms with Gasteiger partial charge in [-0.05, 0) is 153 Å². The fourth-order valence-corrected chi connectivity index (χ4v) is 9.22. The highest BCUT2D eigenvalue weighted by Gasteiger charge is 2.18. The first-order valence-corrected chi connectivity index (χ1v) is 21.6. The molecule has 0 bridgehead atoms. The molecule has 0 radical (unpaired) electrons. The number of allylic oxidation sites excluding steroid dienone is 4. The van der Waals surface area contributed by atoms with Crippen molar-refractivity contribution in [2.75, 3.05) is 4.90 Å². The quantitative estimate of drug-likeness (QED) is 0.141. The summed E-state index contributed by atoms with van der Waals surface area (Å²) in [6.07, 6.45) is 9.10. The summed E-state index contributed by atoms with van der Waals surface area (Å²) in [5, 5.41) is 2.52. The van der Waals surface area contributed by atoms with Gasteiger partial charge in [0.05, 0.1) is 11.0 Å². The largest absolute Gasteiger partial charge is 0.310 e. The number of anilines is 3. The molecule has 0 saturated heterocycles. The van der Waals surface area contributed by atoms with Gasteiger partial charge in [-0.1, -0.05) is 158 Å². The number of para-hydroxylation sites is 3. The number of hydrogen-bond acceptors (Lipinski definition) is 1. The van der Waals surface area contributed by atoms with Gasteiger partial charge in [-0.2, -0.15) is 0 Å². The van der Waals surface area contributed by atoms with Crippen LogP contribution in [0.5, 0.6) is 0 Å². The molecule has 1 aliphatic rings. The van der Waals surface area contributed by atoms with Gasteiger partial charge >= 0.3 is 0 Å². The Bertz CT molecular complexity index is 3260. The molecule has 0 atom stereocenters. The lowest BCUT2D eigenvalue weighted by atomic mass is 9.91. The van der Waals surface area contributed by atoms with Crippen LogP contribution in [0.4, 0.5) is 17.1 Å². The normalized spacial score (nSPS) is 12.4. The topological polar surface area (TPSA) is 8.17 Å². The maximum Gasteiger partial charge on any atom is 0.0547 e. The Hall–Kier alpha value is -7.94. The third-order valence-corrected chi connectivity index (χ3v) is 12.2. The Morgan fingerprint density at radius 2 is 0.903 bits per heavy atom. The smallest absolute Gasteiger partial charge is 0.0547 e. The summed E-state index contributed by atoms with van der Waals surface area (Å²) in [4.78, 5) is 2.36. The van der Waals surface area contributed by atoms with Crippen molar-refractivity contribution < 1.29 is 0 Å². The Balaban J connectivity index is 0.971. The molecule has 9 aromatic carbocycles. The third-order valence-electron chi connectivity index (χ3n) is 12.2. The molecule has 0 aliphatic heterocycles. The van der Waals surface area contributed by atoms with Crippen LogP contribution in [0.25, 0.3) is 77.6 Å². The van der Waals surface area contributed by atoms with Gasteiger partial charge in [0.15, 0.2) is 0 Å². The van der Waals surface area contributed by atoms with Crippen LogP contribution in [-0.2, 0) is 0 Å². The molecule has 1 heterocycles. The Morgan fingerprint density at radius 1 is 0.355 bits per heavy atom. The van der Waals surface area contributed by atoms with Crippen LogP contribution < -0.4 is 4.90 Å². The van der Waals surface area contributed by atoms with E-state index >= 15 is 0 Å². The van der Waals surface area contributed by atoms with Gasteiger partial charge in [-0.15, -0.1) is 0 Å². The minimum absolute atomic E-state index is 1.07. The number of hydrogen-bond donors (Lipinski definition) is 0. The van der Waals surface area contributed by atoms with E-state index < -0.39 is 0 Å². The Kier molecular flexibility index (Phi) is 9.72. The predicted molar refractivity (Wildman–Crippen MR) is 264 cm³/mol. The average Bonchev–Trinajstić information content (AvgIpc) is 3.70. The van der Waals surface area contributed by atoms with E-state index in [-0.39, 0.29) is 0 Å². The van der Waals surface area contributed by atoms with Crippen molar-refractivity contribution in [3.05, 3.63) is 248 Å². The lowest BCUT2D eigenvalue weighted by Gasteiger charge is -2.26. The standard InChI is InChI=1S/C60H44N2/c1-5-18-43(19-6-1)49-39-50(44-20-7-2-8-21-44)41-51(40-49)45-34-36-54(37-35-45)61(52-25-9-3-10-26-52)55-29-16-23-47(42-55)46-22-15-24-48(38-46)56-31-17-33-59-60(56)57-30-13-14-32-58(57)62(59)53-27-11-4-12-28-53/h1,3-7,9-42H,2,8H2. The molecule has 62 heavy (non-hydrogen) atoms. The van der Waals surface area contributed by atoms with E-state index in [0.29, 0.717) is 0 Å². The van der Waals surface area contributed by atoms with E-state index in [0.717, 1.165) is 41.2 Å². The van der Waals surface area contributed by atoms with Crippen LogP contribution >= 0.6 is 0 Å². The van der Waals surface area contributed by atoms with Crippen LogP contribution in [0.2, 0.25) is 0 Å². The van der Waals surface area contributed by atoms with Gasteiger partial charge in [0.25, 0.3) is 0 Å². The maximum atomic E-state index is 2.39. The molecule has 10 aromatic rings. The molecule has 2 heteroatoms. The van der Waals surface area contributed by atoms with E-state index in [4.69, 9.17) is 0 Å². The molecule has 0 unspecified atom stereocenters. The Morgan fingerprint density at radius 3 is 1.66 bits per heavy atom. The van der Waals surface area contributed by atoms with Gasteiger partial charge in [0.1, 0.15) is 0 Å². The van der Waals surface area contributed by atoms with Crippen LogP contribution in [0.1, 0.15) is 18.4 Å². The molecule has 1 aromatic heterocycles. The van der Waals surface area contributed by atoms with Crippen molar-refractivity contribution in [3.63, 3.8) is 0 Å². The first kappa shape index (κ1) is 37.1. The van der Waals surface area contributed by atoms with E-state index in [1.807, 2.05) is 0 Å². The highest BCUT2D eigenvalue weighted by atomic mass is 15.1. The van der Waals surface area contributed by atoms with Crippen molar-refractivity contribution in [2.24, 2.45) is 0 Å². The molecule has 0 saturated carbocycles. The third kappa shape index (κ3) is 7.02. The van der Waals surface area contributed by atoms with E-state index in [1.165, 1.54) is 71.9 Å². The zero-order valence-corrected chi connectivity index (χ0v) is 34.4. The summed E-state index contributed by atoms with van der Waals surface area (Å²) in [5.74, 6) is 0. The van der Waals surface area contributed by atoms with Crippen LogP contribution in [0.15, 0.2) is 243 Å². The summed E-state index contributed by atoms with van der Waals surface area (Å²) in [5.41, 5.74) is 19.0. The summed E-state index contributed by atoms with van der Waals surface area (Å²) in [6, 6.07) is 81.6. The Labute approximate surface area is 363 Å². The van der Waals surface area contributed by atoms with Gasteiger partial charge in [0, 0.05) is 33.5 Å². The number of fused-ring (bicyclic) bond motifs is 3. The zero-order chi connectivity index (χ0) is 41.2. The van der Waals surface area contributed by atoms with Gasteiger partial charge in [0.2, 0.25) is 0 Å². The van der Waals surface area contributed by atoms with E-state index in [1.54, 1.807) is 0 Å². The first-order chi connectivity index (χ1) is 30.7. The highest BCUT2D eigenvalue weighted by Crippen LogP contribution is 2.42. The summed E-state index contributed by atoms with van der Waals surface area (Å²) < 4.78 is 2.39. The second kappa shape index (κ2) is 16.3. The van der Waals surface area contributed by atoms with Gasteiger partial charge in [-0.25, -0.2) is 0 Å². The van der Waals surface area contributed by atoms with Crippen molar-refractivity contribution in [3.8, 4) is 50.2 Å². The zero-order valence-electron chi connectivity index (χ0n) is 34.4. The van der Waals surface area contributed by atoms with E-state index in [9.17, 15) is 0 Å². The highest BCUT2D eigenvalue weighted by molar-refractivity contribution is 6.16. The fraction of sp³-hybridized carbons (Fsp3) is 0.0333. The van der Waals surface area contributed by atoms with Crippen LogP contribution in [0.3, 0.4) is 0 Å². The molecule has 0 N–H and O–H groups in total. The number of rotatable bonds is 9. The SMILES string of the molecule is C1=CC(c2cc(-c3ccccc3)cc(-c3ccc(N(c4ccccc4)c4cccc(-c5cccc(-c6cccc7c6c6ccccc6n7-c6ccccc6)c5)c4)cc3)c2)=CCC1. The predicted octanol–water partition coefficient (Wildman–Crippen LogP) is 16.7. The van der Waals surface area contributed by atoms with Crippen molar-refractivity contribution >= 4 is 44.4 Å². The average molecular weight is 793 g/mol. The minimum Gasteiger partial charge on any atom is -0.310 e. The molecular formula is C60H44N2. The van der Waals surface area contributed by atoms with Crippen LogP contribution in [0, 0.1) is 0 Å². The first-order valence-electron chi connectivity index (χ1n) is 21.6. The molecule has 2 nitrogen and oxygen atoms in total. The molecular weight excluding hydrogens is 749 g/mol. The number of nitrogens with zero attached hydrogens (tertiary/aromatic N) is 2. The minimum atomic E-state index is 1.07. The summed E-state index contributed by atoms with van der Waals surface area (Å²) in [6.45, 7) is 0. The lowest BCUT2D eigenvalue weighted by molar-refractivity contribution is 1.04. The van der Waals surface area contributed by atoms with Crippen molar-refractivity contribution in [1.29, 1.82) is 0 Å². The molecule has 0 amide bonds. The number of benzene rings is 9. The van der Waals surface area contributed by atoms with E-state index in [2.05, 4.69) is 252 Å². The van der Waals surface area contributed by atoms with Crippen molar-refractivity contribution in [1.82, 2.24) is 4.57 Å².